The molecular weight excluding hydrogens is 368 g/mol. The van der Waals surface area contributed by atoms with E-state index >= 15 is 0 Å². The Labute approximate surface area is 152 Å². The summed E-state index contributed by atoms with van der Waals surface area (Å²) in [5.74, 6) is 0. The second kappa shape index (κ2) is 42.7. The quantitative estimate of drug-likeness (QED) is 0.382. The predicted molar refractivity (Wildman–Crippen MR) is 60.0 cm³/mol. The maximum absolute atomic E-state index is 7.50. The molecule has 0 aliphatic carbocycles. The van der Waals surface area contributed by atoms with Crippen LogP contribution in [0.1, 0.15) is 11.1 Å². The summed E-state index contributed by atoms with van der Waals surface area (Å²) in [5, 5.41) is 0. The van der Waals surface area contributed by atoms with E-state index < -0.39 is 0 Å². The maximum atomic E-state index is 7.50. The van der Waals surface area contributed by atoms with Gasteiger partial charge < -0.3 is 59.7 Å². The standard InChI is InChI=1S/2C6H3.4CO.2Fe/c2*1-6-4-2-3-5-6;4*1-2;;/h2*1H3;;;;;;/q2*-5;;;;;2*+5. The Hall–Kier alpha value is -1.30. The summed E-state index contributed by atoms with van der Waals surface area (Å²) in [6, 6.07) is 21.6. The van der Waals surface area contributed by atoms with Crippen LogP contribution in [-0.4, -0.2) is 0 Å². The van der Waals surface area contributed by atoms with Gasteiger partial charge in [-0.1, -0.05) is 0 Å². The third-order valence-corrected chi connectivity index (χ3v) is 1.12. The van der Waals surface area contributed by atoms with Crippen molar-refractivity contribution in [3.05, 3.63) is 86.3 Å². The van der Waals surface area contributed by atoms with Crippen LogP contribution in [0.3, 0.4) is 0 Å². The fraction of sp³-hybridized carbons (Fsp3) is 0.125. The molecule has 0 spiro atoms. The molecule has 0 atom stereocenters. The number of hydrogen-bond donors (Lipinski definition) is 0. The van der Waals surface area contributed by atoms with Crippen LogP contribution in [-0.2, 0) is 52.7 Å². The van der Waals surface area contributed by atoms with E-state index in [0.29, 0.717) is 0 Å². The number of hydrogen-bond acceptors (Lipinski definition) is 0. The molecule has 0 aromatic heterocycles. The van der Waals surface area contributed by atoms with Gasteiger partial charge in [0, 0.05) is 0 Å². The minimum Gasteiger partial charge on any atom is 5.00 e. The molecule has 6 heteroatoms. The molecule has 0 amide bonds. The monoisotopic (exact) mass is 374 g/mol. The molecule has 4 nitrogen and oxygen atoms in total. The molecular formula is C16H6Fe2O4. The van der Waals surface area contributed by atoms with Crippen LogP contribution < -0.4 is 0 Å². The van der Waals surface area contributed by atoms with Gasteiger partial charge in [0.25, 0.3) is 0 Å². The van der Waals surface area contributed by atoms with Crippen molar-refractivity contribution < 1.29 is 52.7 Å². The van der Waals surface area contributed by atoms with Crippen molar-refractivity contribution in [1.29, 1.82) is 0 Å². The second-order valence-corrected chi connectivity index (χ2v) is 2.25. The Morgan fingerprint density at radius 1 is 0.500 bits per heavy atom. The molecule has 0 saturated heterocycles. The van der Waals surface area contributed by atoms with E-state index in [9.17, 15) is 0 Å². The molecule has 0 bridgehead atoms. The van der Waals surface area contributed by atoms with E-state index in [-0.39, 0.29) is 34.1 Å². The number of rotatable bonds is 0. The summed E-state index contributed by atoms with van der Waals surface area (Å²) in [4.78, 5) is 0. The van der Waals surface area contributed by atoms with Crippen molar-refractivity contribution in [3.63, 3.8) is 0 Å². The Morgan fingerprint density at radius 2 is 0.636 bits per heavy atom. The first-order valence-corrected chi connectivity index (χ1v) is 4.32. The molecule has 2 aromatic carbocycles. The van der Waals surface area contributed by atoms with Crippen LogP contribution in [0.25, 0.3) is 0 Å². The van der Waals surface area contributed by atoms with Crippen molar-refractivity contribution >= 4 is 0 Å². The van der Waals surface area contributed by atoms with Crippen molar-refractivity contribution in [2.75, 3.05) is 0 Å². The van der Waals surface area contributed by atoms with Crippen LogP contribution >= 0.6 is 0 Å². The molecule has 2 rings (SSSR count). The first-order chi connectivity index (χ1) is 9.79. The summed E-state index contributed by atoms with van der Waals surface area (Å²) in [6.45, 7) is 21.8. The third kappa shape index (κ3) is 36.3. The first kappa shape index (κ1) is 37.2. The average Bonchev–Trinajstić information content (AvgIpc) is 3.22. The molecule has 0 aliphatic heterocycles. The fourth-order valence-electron chi connectivity index (χ4n) is 0.562. The summed E-state index contributed by atoms with van der Waals surface area (Å²) in [5.41, 5.74) is 1.96. The Morgan fingerprint density at radius 3 is 0.682 bits per heavy atom. The van der Waals surface area contributed by atoms with Crippen LogP contribution in [0, 0.1) is 89.0 Å². The van der Waals surface area contributed by atoms with E-state index in [1.54, 1.807) is 0 Å². The van der Waals surface area contributed by atoms with E-state index in [0.717, 1.165) is 11.1 Å². The average molecular weight is 374 g/mol. The Kier molecular flexibility index (Phi) is 72.2. The maximum Gasteiger partial charge on any atom is 5.00 e. The van der Waals surface area contributed by atoms with E-state index in [4.69, 9.17) is 18.6 Å². The van der Waals surface area contributed by atoms with Crippen LogP contribution in [0.2, 0.25) is 0 Å². The molecule has 0 N–H and O–H groups in total. The van der Waals surface area contributed by atoms with Crippen molar-refractivity contribution in [1.82, 2.24) is 0 Å². The molecule has 2 radical (unpaired) electrons. The van der Waals surface area contributed by atoms with Gasteiger partial charge in [0.1, 0.15) is 0 Å². The van der Waals surface area contributed by atoms with Gasteiger partial charge in [-0.05, 0) is 0 Å². The van der Waals surface area contributed by atoms with Crippen LogP contribution in [0.4, 0.5) is 0 Å². The smallest absolute Gasteiger partial charge is 5.00 e. The van der Waals surface area contributed by atoms with Gasteiger partial charge in [-0.3, -0.25) is 0 Å². The van der Waals surface area contributed by atoms with Gasteiger partial charge in [-0.15, -0.1) is 0 Å². The summed E-state index contributed by atoms with van der Waals surface area (Å²) < 4.78 is 30.0. The van der Waals surface area contributed by atoms with Gasteiger partial charge in [-0.25, -0.2) is 13.8 Å². The zero-order valence-electron chi connectivity index (χ0n) is 11.3. The Balaban J connectivity index is -0.0000000380. The molecule has 0 saturated carbocycles. The van der Waals surface area contributed by atoms with Gasteiger partial charge >= 0.3 is 79.3 Å². The molecule has 2 aromatic rings. The molecule has 0 heterocycles. The van der Waals surface area contributed by atoms with E-state index in [2.05, 4.69) is 75.1 Å². The predicted octanol–water partition coefficient (Wildman–Crippen LogP) is 1.67. The minimum atomic E-state index is 0. The van der Waals surface area contributed by atoms with Gasteiger partial charge in [0.2, 0.25) is 0 Å². The molecule has 110 valence electrons. The first-order valence-electron chi connectivity index (χ1n) is 4.32. The summed E-state index contributed by atoms with van der Waals surface area (Å²) in [6.07, 6.45) is 0. The summed E-state index contributed by atoms with van der Waals surface area (Å²) >= 11 is 0. The summed E-state index contributed by atoms with van der Waals surface area (Å²) in [7, 11) is 0. The Bertz CT molecular complexity index is 381. The zero-order valence-corrected chi connectivity index (χ0v) is 13.5. The fourth-order valence-corrected chi connectivity index (χ4v) is 0.562. The molecule has 0 aliphatic rings. The number of aryl methyl sites for hydroxylation is 2. The van der Waals surface area contributed by atoms with Crippen LogP contribution in [0.5, 0.6) is 0 Å². The van der Waals surface area contributed by atoms with Gasteiger partial charge in [0.05, 0.1) is 0 Å². The van der Waals surface area contributed by atoms with Crippen molar-refractivity contribution in [2.24, 2.45) is 0 Å². The third-order valence-electron chi connectivity index (χ3n) is 1.12. The largest absolute Gasteiger partial charge is 5.00 e. The normalized spacial score (nSPS) is 5.18. The molecule has 0 unspecified atom stereocenters. The van der Waals surface area contributed by atoms with Gasteiger partial charge in [-0.2, -0.15) is 0 Å². The van der Waals surface area contributed by atoms with E-state index in [1.807, 2.05) is 13.8 Å². The second-order valence-electron chi connectivity index (χ2n) is 2.25. The van der Waals surface area contributed by atoms with Crippen molar-refractivity contribution in [3.8, 4) is 0 Å². The van der Waals surface area contributed by atoms with E-state index in [1.165, 1.54) is 0 Å². The topological polar surface area (TPSA) is 79.6 Å². The zero-order chi connectivity index (χ0) is 16.8. The SMILES string of the molecule is C[c-]1[c-][c-][c-][c-]1.C[c-]1[c-][c-][c-][c-]1.[C-]#[O+].[C-]#[O+].[C-]#[O+].[C-]#[O+].[Fe+5].[Fe+5]. The molecule has 0 fully saturated rings. The van der Waals surface area contributed by atoms with Crippen LogP contribution in [0.15, 0.2) is 0 Å². The molecule has 22 heavy (non-hydrogen) atoms. The van der Waals surface area contributed by atoms with Gasteiger partial charge in [0.15, 0.2) is 0 Å². The minimum absolute atomic E-state index is 0. The van der Waals surface area contributed by atoms with Crippen molar-refractivity contribution in [2.45, 2.75) is 13.8 Å².